The number of aromatic amines is 1. The summed E-state index contributed by atoms with van der Waals surface area (Å²) in [4.78, 5) is 15.5. The van der Waals surface area contributed by atoms with Crippen LogP contribution < -0.4 is 5.32 Å². The fourth-order valence-electron chi connectivity index (χ4n) is 3.29. The van der Waals surface area contributed by atoms with E-state index in [9.17, 15) is 14.3 Å². The predicted octanol–water partition coefficient (Wildman–Crippen LogP) is 2.70. The Morgan fingerprint density at radius 2 is 2.04 bits per heavy atom. The third-order valence-electron chi connectivity index (χ3n) is 4.39. The first-order valence-electron chi connectivity index (χ1n) is 7.47. The maximum absolute atomic E-state index is 14.0. The molecule has 2 aromatic carbocycles. The van der Waals surface area contributed by atoms with Gasteiger partial charge < -0.3 is 15.4 Å². The second-order valence-electron chi connectivity index (χ2n) is 5.79. The number of amides is 1. The normalized spacial score (nSPS) is 19.7. The average molecular weight is 310 g/mol. The number of aliphatic hydroxyl groups excluding tert-OH is 1. The van der Waals surface area contributed by atoms with Crippen LogP contribution in [0.2, 0.25) is 0 Å². The molecule has 0 saturated heterocycles. The molecule has 2 atom stereocenters. The molecule has 1 aliphatic carbocycles. The molecule has 0 spiro atoms. The van der Waals surface area contributed by atoms with E-state index in [0.29, 0.717) is 11.9 Å². The Hall–Kier alpha value is -2.66. The molecule has 0 radical (unpaired) electrons. The van der Waals surface area contributed by atoms with E-state index in [1.807, 2.05) is 24.3 Å². The van der Waals surface area contributed by atoms with Crippen molar-refractivity contribution in [3.8, 4) is 0 Å². The Morgan fingerprint density at radius 1 is 1.22 bits per heavy atom. The molecule has 4 rings (SSSR count). The molecule has 1 aromatic heterocycles. The summed E-state index contributed by atoms with van der Waals surface area (Å²) in [5.41, 5.74) is 2.75. The van der Waals surface area contributed by atoms with E-state index in [1.54, 1.807) is 12.1 Å². The topological polar surface area (TPSA) is 65.1 Å². The van der Waals surface area contributed by atoms with E-state index in [-0.39, 0.29) is 10.9 Å². The lowest BCUT2D eigenvalue weighted by atomic mass is 10.1. The van der Waals surface area contributed by atoms with Crippen LogP contribution in [-0.4, -0.2) is 22.1 Å². The van der Waals surface area contributed by atoms with Crippen LogP contribution in [0.25, 0.3) is 10.9 Å². The number of halogens is 1. The number of benzene rings is 2. The first-order chi connectivity index (χ1) is 11.1. The summed E-state index contributed by atoms with van der Waals surface area (Å²) in [6.07, 6.45) is 1.33. The van der Waals surface area contributed by atoms with Gasteiger partial charge in [0, 0.05) is 23.5 Å². The van der Waals surface area contributed by atoms with E-state index in [4.69, 9.17) is 0 Å². The fraction of sp³-hybridized carbons (Fsp3) is 0.167. The largest absolute Gasteiger partial charge is 0.390 e. The van der Waals surface area contributed by atoms with Gasteiger partial charge in [0.25, 0.3) is 5.91 Å². The number of hydrogen-bond acceptors (Lipinski definition) is 2. The summed E-state index contributed by atoms with van der Waals surface area (Å²) >= 11 is 0. The Morgan fingerprint density at radius 3 is 2.91 bits per heavy atom. The van der Waals surface area contributed by atoms with Gasteiger partial charge in [0.2, 0.25) is 0 Å². The zero-order chi connectivity index (χ0) is 16.0. The first kappa shape index (κ1) is 14.0. The number of nitrogens with one attached hydrogen (secondary N) is 2. The number of carbonyl (C=O) groups is 1. The number of carbonyl (C=O) groups excluding carboxylic acids is 1. The van der Waals surface area contributed by atoms with Gasteiger partial charge in [-0.15, -0.1) is 0 Å². The van der Waals surface area contributed by atoms with Gasteiger partial charge in [-0.3, -0.25) is 4.79 Å². The van der Waals surface area contributed by atoms with Gasteiger partial charge in [0.1, 0.15) is 5.82 Å². The molecule has 5 heteroatoms. The minimum atomic E-state index is -0.675. The fourth-order valence-corrected chi connectivity index (χ4v) is 3.29. The molecule has 4 nitrogen and oxygen atoms in total. The number of aliphatic hydroxyl groups is 1. The van der Waals surface area contributed by atoms with Gasteiger partial charge in [-0.25, -0.2) is 4.39 Å². The molecule has 0 bridgehead atoms. The van der Waals surface area contributed by atoms with Gasteiger partial charge >= 0.3 is 0 Å². The molecule has 3 aromatic rings. The first-order valence-corrected chi connectivity index (χ1v) is 7.47. The van der Waals surface area contributed by atoms with Crippen molar-refractivity contribution in [1.29, 1.82) is 0 Å². The summed E-state index contributed by atoms with van der Waals surface area (Å²) in [6.45, 7) is 0. The number of aromatic nitrogens is 1. The molecule has 2 unspecified atom stereocenters. The standard InChI is InChI=1S/C18H15FN2O2/c19-13-6-3-7-14-16(13)12(9-20-14)18(23)21-17-11-5-2-1-4-10(11)8-15(17)22/h1-7,9,15,17,20,22H,8H2,(H,21,23). The van der Waals surface area contributed by atoms with E-state index in [0.717, 1.165) is 11.1 Å². The highest BCUT2D eigenvalue weighted by molar-refractivity contribution is 6.07. The van der Waals surface area contributed by atoms with Crippen LogP contribution in [0.4, 0.5) is 4.39 Å². The summed E-state index contributed by atoms with van der Waals surface area (Å²) in [7, 11) is 0. The van der Waals surface area contributed by atoms with Crippen molar-refractivity contribution in [2.45, 2.75) is 18.6 Å². The number of hydrogen-bond donors (Lipinski definition) is 3. The SMILES string of the molecule is O=C(NC1c2ccccc2CC1O)c1c[nH]c2cccc(F)c12. The molecular weight excluding hydrogens is 295 g/mol. The van der Waals surface area contributed by atoms with Gasteiger partial charge in [-0.1, -0.05) is 30.3 Å². The number of rotatable bonds is 2. The Balaban J connectivity index is 1.68. The molecule has 0 aliphatic heterocycles. The van der Waals surface area contributed by atoms with Crippen molar-refractivity contribution in [2.75, 3.05) is 0 Å². The Bertz CT molecular complexity index is 903. The second-order valence-corrected chi connectivity index (χ2v) is 5.79. The van der Waals surface area contributed by atoms with Crippen LogP contribution in [0.15, 0.2) is 48.7 Å². The van der Waals surface area contributed by atoms with Crippen molar-refractivity contribution in [1.82, 2.24) is 10.3 Å². The van der Waals surface area contributed by atoms with Crippen LogP contribution in [0.3, 0.4) is 0 Å². The van der Waals surface area contributed by atoms with Crippen LogP contribution in [0, 0.1) is 5.82 Å². The predicted molar refractivity (Wildman–Crippen MR) is 84.6 cm³/mol. The van der Waals surface area contributed by atoms with E-state index < -0.39 is 23.9 Å². The summed E-state index contributed by atoms with van der Waals surface area (Å²) in [5.74, 6) is -0.844. The summed E-state index contributed by atoms with van der Waals surface area (Å²) < 4.78 is 14.0. The minimum absolute atomic E-state index is 0.245. The highest BCUT2D eigenvalue weighted by atomic mass is 19.1. The highest BCUT2D eigenvalue weighted by Crippen LogP contribution is 2.32. The van der Waals surface area contributed by atoms with Crippen molar-refractivity contribution >= 4 is 16.8 Å². The minimum Gasteiger partial charge on any atom is -0.390 e. The zero-order valence-electron chi connectivity index (χ0n) is 12.2. The van der Waals surface area contributed by atoms with Crippen molar-refractivity contribution in [2.24, 2.45) is 0 Å². The lowest BCUT2D eigenvalue weighted by Gasteiger charge is -2.17. The maximum Gasteiger partial charge on any atom is 0.254 e. The van der Waals surface area contributed by atoms with Crippen LogP contribution in [0.5, 0.6) is 0 Å². The maximum atomic E-state index is 14.0. The van der Waals surface area contributed by atoms with Crippen molar-refractivity contribution in [3.05, 3.63) is 71.2 Å². The van der Waals surface area contributed by atoms with Crippen LogP contribution >= 0.6 is 0 Å². The zero-order valence-corrected chi connectivity index (χ0v) is 12.2. The van der Waals surface area contributed by atoms with Gasteiger partial charge in [0.15, 0.2) is 0 Å². The van der Waals surface area contributed by atoms with E-state index in [2.05, 4.69) is 10.3 Å². The number of H-pyrrole nitrogens is 1. The quantitative estimate of drug-likeness (QED) is 0.681. The van der Waals surface area contributed by atoms with Gasteiger partial charge in [0.05, 0.1) is 17.7 Å². The van der Waals surface area contributed by atoms with Crippen molar-refractivity contribution < 1.29 is 14.3 Å². The molecule has 1 amide bonds. The Labute approximate surface area is 132 Å². The molecule has 1 heterocycles. The van der Waals surface area contributed by atoms with Crippen LogP contribution in [0.1, 0.15) is 27.5 Å². The smallest absolute Gasteiger partial charge is 0.254 e. The molecule has 116 valence electrons. The highest BCUT2D eigenvalue weighted by Gasteiger charge is 2.32. The third kappa shape index (κ3) is 2.21. The summed E-state index contributed by atoms with van der Waals surface area (Å²) in [5, 5.41) is 13.3. The molecule has 23 heavy (non-hydrogen) atoms. The summed E-state index contributed by atoms with van der Waals surface area (Å²) in [6, 6.07) is 11.8. The molecule has 0 saturated carbocycles. The molecule has 0 fully saturated rings. The van der Waals surface area contributed by atoms with Crippen molar-refractivity contribution in [3.63, 3.8) is 0 Å². The van der Waals surface area contributed by atoms with Gasteiger partial charge in [-0.05, 0) is 23.3 Å². The molecular formula is C18H15FN2O2. The lowest BCUT2D eigenvalue weighted by Crippen LogP contribution is -2.33. The average Bonchev–Trinajstić information content (AvgIpc) is 3.10. The Kier molecular flexibility index (Phi) is 3.16. The second kappa shape index (κ2) is 5.21. The third-order valence-corrected chi connectivity index (χ3v) is 4.39. The van der Waals surface area contributed by atoms with Crippen LogP contribution in [-0.2, 0) is 6.42 Å². The van der Waals surface area contributed by atoms with Gasteiger partial charge in [-0.2, -0.15) is 0 Å². The molecule has 3 N–H and O–H groups in total. The monoisotopic (exact) mass is 310 g/mol. The lowest BCUT2D eigenvalue weighted by molar-refractivity contribution is 0.0859. The molecule has 1 aliphatic rings. The van der Waals surface area contributed by atoms with E-state index in [1.165, 1.54) is 12.3 Å². The number of fused-ring (bicyclic) bond motifs is 2. The van der Waals surface area contributed by atoms with E-state index >= 15 is 0 Å².